The summed E-state index contributed by atoms with van der Waals surface area (Å²) in [5.41, 5.74) is 1.44. The number of benzene rings is 3. The molecule has 0 spiro atoms. The second kappa shape index (κ2) is 10.3. The average Bonchev–Trinajstić information content (AvgIpc) is 2.77. The molecule has 7 nitrogen and oxygen atoms in total. The first kappa shape index (κ1) is 23.2. The Morgan fingerprint density at radius 3 is 2.44 bits per heavy atom. The summed E-state index contributed by atoms with van der Waals surface area (Å²) in [6, 6.07) is 17.7. The molecule has 0 radical (unpaired) electrons. The molecule has 10 heteroatoms. The van der Waals surface area contributed by atoms with Crippen LogP contribution < -0.4 is 14.9 Å². The van der Waals surface area contributed by atoms with Gasteiger partial charge in [0.15, 0.2) is 6.61 Å². The number of anilines is 1. The van der Waals surface area contributed by atoms with E-state index in [9.17, 15) is 17.6 Å². The first-order valence-electron chi connectivity index (χ1n) is 9.33. The molecular formula is C22H19ClFN3O4S. The molecule has 0 saturated heterocycles. The fraction of sp³-hybridized carbons (Fsp3) is 0.0909. The molecule has 0 atom stereocenters. The summed E-state index contributed by atoms with van der Waals surface area (Å²) in [4.78, 5) is 14.2. The molecule has 3 aromatic carbocycles. The largest absolute Gasteiger partial charge is 0.484 e. The number of hydrogen-bond donors (Lipinski definition) is 2. The molecule has 3 rings (SSSR count). The Kier molecular flexibility index (Phi) is 7.45. The molecule has 0 fully saturated rings. The maximum absolute atomic E-state index is 13.0. The second-order valence-corrected chi connectivity index (χ2v) is 8.71. The van der Waals surface area contributed by atoms with Gasteiger partial charge in [0.2, 0.25) is 0 Å². The number of amides is 1. The van der Waals surface area contributed by atoms with E-state index in [0.717, 1.165) is 24.3 Å². The molecule has 0 aliphatic carbocycles. The van der Waals surface area contributed by atoms with Gasteiger partial charge in [0, 0.05) is 10.7 Å². The number of halogens is 2. The van der Waals surface area contributed by atoms with Crippen LogP contribution in [0, 0.1) is 5.82 Å². The lowest BCUT2D eigenvalue weighted by Gasteiger charge is -2.09. The van der Waals surface area contributed by atoms with Crippen molar-refractivity contribution in [3.63, 3.8) is 0 Å². The molecule has 1 amide bonds. The summed E-state index contributed by atoms with van der Waals surface area (Å²) < 4.78 is 43.0. The monoisotopic (exact) mass is 475 g/mol. The third-order valence-corrected chi connectivity index (χ3v) is 5.68. The van der Waals surface area contributed by atoms with Crippen LogP contribution in [0.25, 0.3) is 0 Å². The van der Waals surface area contributed by atoms with E-state index in [1.165, 1.54) is 0 Å². The highest BCUT2D eigenvalue weighted by Crippen LogP contribution is 2.16. The lowest BCUT2D eigenvalue weighted by molar-refractivity contribution is -0.118. The molecule has 0 unspecified atom stereocenters. The zero-order valence-corrected chi connectivity index (χ0v) is 18.5. The number of carbonyl (C=O) groups is 1. The Hall–Kier alpha value is -3.43. The zero-order valence-electron chi connectivity index (χ0n) is 16.9. The van der Waals surface area contributed by atoms with E-state index < -0.39 is 15.8 Å². The van der Waals surface area contributed by atoms with Gasteiger partial charge in [0.05, 0.1) is 10.6 Å². The van der Waals surface area contributed by atoms with Crippen molar-refractivity contribution in [3.05, 3.63) is 89.2 Å². The Balaban J connectivity index is 1.62. The molecule has 0 heterocycles. The fourth-order valence-corrected chi connectivity index (χ4v) is 3.54. The molecular weight excluding hydrogens is 457 g/mol. The number of hydrazone groups is 1. The fourth-order valence-electron chi connectivity index (χ4n) is 2.56. The van der Waals surface area contributed by atoms with Crippen LogP contribution >= 0.6 is 11.6 Å². The van der Waals surface area contributed by atoms with Gasteiger partial charge in [-0.2, -0.15) is 18.4 Å². The smallest absolute Gasteiger partial charge is 0.276 e. The van der Waals surface area contributed by atoms with E-state index in [1.807, 2.05) is 0 Å². The molecule has 0 saturated carbocycles. The van der Waals surface area contributed by atoms with E-state index in [4.69, 9.17) is 16.3 Å². The van der Waals surface area contributed by atoms with Crippen LogP contribution in [0.15, 0.2) is 82.8 Å². The number of carbonyl (C=O) groups excluding carboxylic acids is 1. The van der Waals surface area contributed by atoms with E-state index >= 15 is 0 Å². The van der Waals surface area contributed by atoms with Crippen molar-refractivity contribution in [1.29, 1.82) is 0 Å². The van der Waals surface area contributed by atoms with Crippen molar-refractivity contribution in [2.45, 2.75) is 11.8 Å². The van der Waals surface area contributed by atoms with Gasteiger partial charge in [0.25, 0.3) is 15.9 Å². The lowest BCUT2D eigenvalue weighted by Crippen LogP contribution is -2.21. The van der Waals surface area contributed by atoms with E-state index in [0.29, 0.717) is 27.7 Å². The van der Waals surface area contributed by atoms with Crippen molar-refractivity contribution in [3.8, 4) is 5.75 Å². The lowest BCUT2D eigenvalue weighted by atomic mass is 10.1. The van der Waals surface area contributed by atoms with Gasteiger partial charge in [-0.1, -0.05) is 23.7 Å². The zero-order chi connectivity index (χ0) is 23.1. The SMILES string of the molecule is C/C(=N/NS(=O)(=O)c1ccc(F)cc1)c1cccc(NC(=O)COc2ccc(Cl)cc2)c1. The van der Waals surface area contributed by atoms with Gasteiger partial charge in [-0.3, -0.25) is 4.79 Å². The summed E-state index contributed by atoms with van der Waals surface area (Å²) in [6.07, 6.45) is 0. The maximum Gasteiger partial charge on any atom is 0.276 e. The molecule has 2 N–H and O–H groups in total. The highest BCUT2D eigenvalue weighted by Gasteiger charge is 2.13. The molecule has 3 aromatic rings. The van der Waals surface area contributed by atoms with Gasteiger partial charge in [-0.15, -0.1) is 0 Å². The minimum absolute atomic E-state index is 0.114. The van der Waals surface area contributed by atoms with Crippen molar-refractivity contribution in [2.24, 2.45) is 5.10 Å². The van der Waals surface area contributed by atoms with Crippen LogP contribution in [0.3, 0.4) is 0 Å². The number of rotatable bonds is 8. The first-order valence-corrected chi connectivity index (χ1v) is 11.2. The quantitative estimate of drug-likeness (QED) is 0.377. The van der Waals surface area contributed by atoms with Crippen molar-refractivity contribution < 1.29 is 22.3 Å². The number of hydrogen-bond acceptors (Lipinski definition) is 5. The van der Waals surface area contributed by atoms with Crippen LogP contribution in [0.5, 0.6) is 5.75 Å². The van der Waals surface area contributed by atoms with Gasteiger partial charge in [-0.25, -0.2) is 4.39 Å². The van der Waals surface area contributed by atoms with Crippen LogP contribution in [0.4, 0.5) is 10.1 Å². The predicted octanol–water partition coefficient (Wildman–Crippen LogP) is 4.20. The van der Waals surface area contributed by atoms with Crippen LogP contribution in [0.2, 0.25) is 5.02 Å². The van der Waals surface area contributed by atoms with Crippen LogP contribution in [-0.2, 0) is 14.8 Å². The van der Waals surface area contributed by atoms with Crippen LogP contribution in [0.1, 0.15) is 12.5 Å². The third kappa shape index (κ3) is 6.53. The van der Waals surface area contributed by atoms with E-state index in [2.05, 4.69) is 15.2 Å². The topological polar surface area (TPSA) is 96.9 Å². The van der Waals surface area contributed by atoms with E-state index in [1.54, 1.807) is 55.5 Å². The number of ether oxygens (including phenoxy) is 1. The number of nitrogens with zero attached hydrogens (tertiary/aromatic N) is 1. The molecule has 0 aliphatic heterocycles. The standard InChI is InChI=1S/C22H19ClFN3O4S/c1-15(26-27-32(29,30)21-11-7-18(24)8-12-21)16-3-2-4-19(13-16)25-22(28)14-31-20-9-5-17(23)6-10-20/h2-13,27H,14H2,1H3,(H,25,28)/b26-15-. The molecule has 32 heavy (non-hydrogen) atoms. The third-order valence-electron chi connectivity index (χ3n) is 4.21. The summed E-state index contributed by atoms with van der Waals surface area (Å²) >= 11 is 5.81. The minimum Gasteiger partial charge on any atom is -0.484 e. The highest BCUT2D eigenvalue weighted by atomic mass is 35.5. The second-order valence-electron chi connectivity index (χ2n) is 6.62. The molecule has 0 bridgehead atoms. The molecule has 166 valence electrons. The average molecular weight is 476 g/mol. The first-order chi connectivity index (χ1) is 15.2. The maximum atomic E-state index is 13.0. The van der Waals surface area contributed by atoms with E-state index in [-0.39, 0.29) is 17.4 Å². The summed E-state index contributed by atoms with van der Waals surface area (Å²) in [5.74, 6) is -0.403. The summed E-state index contributed by atoms with van der Waals surface area (Å²) in [7, 11) is -3.94. The molecule has 0 aliphatic rings. The van der Waals surface area contributed by atoms with Crippen molar-refractivity contribution >= 4 is 38.9 Å². The van der Waals surface area contributed by atoms with Gasteiger partial charge < -0.3 is 10.1 Å². The van der Waals surface area contributed by atoms with Crippen molar-refractivity contribution in [1.82, 2.24) is 4.83 Å². The molecule has 0 aromatic heterocycles. The Labute approximate surface area is 189 Å². The normalized spacial score (nSPS) is 11.7. The summed E-state index contributed by atoms with van der Waals surface area (Å²) in [5, 5.41) is 7.17. The number of sulfonamides is 1. The minimum atomic E-state index is -3.94. The summed E-state index contributed by atoms with van der Waals surface area (Å²) in [6.45, 7) is 1.41. The Morgan fingerprint density at radius 1 is 1.06 bits per heavy atom. The van der Waals surface area contributed by atoms with Crippen LogP contribution in [-0.4, -0.2) is 26.6 Å². The Bertz CT molecular complexity index is 1230. The van der Waals surface area contributed by atoms with Gasteiger partial charge in [0.1, 0.15) is 11.6 Å². The van der Waals surface area contributed by atoms with Gasteiger partial charge >= 0.3 is 0 Å². The van der Waals surface area contributed by atoms with Crippen molar-refractivity contribution in [2.75, 3.05) is 11.9 Å². The Morgan fingerprint density at radius 2 is 1.75 bits per heavy atom. The highest BCUT2D eigenvalue weighted by molar-refractivity contribution is 7.89. The number of nitrogens with one attached hydrogen (secondary N) is 2. The van der Waals surface area contributed by atoms with Gasteiger partial charge in [-0.05, 0) is 73.2 Å². The predicted molar refractivity (Wildman–Crippen MR) is 121 cm³/mol.